The molecule has 7 heteroatoms. The third kappa shape index (κ3) is 3.75. The van der Waals surface area contributed by atoms with Crippen LogP contribution in [0, 0.1) is 5.82 Å². The molecule has 4 rings (SSSR count). The first-order valence-electron chi connectivity index (χ1n) is 9.23. The van der Waals surface area contributed by atoms with E-state index in [1.165, 1.54) is 12.1 Å². The summed E-state index contributed by atoms with van der Waals surface area (Å²) < 4.78 is 13.7. The van der Waals surface area contributed by atoms with Crippen LogP contribution in [0.5, 0.6) is 0 Å². The van der Waals surface area contributed by atoms with Gasteiger partial charge in [-0.05, 0) is 47.9 Å². The highest BCUT2D eigenvalue weighted by Crippen LogP contribution is 2.31. The van der Waals surface area contributed by atoms with Crippen molar-refractivity contribution in [3.63, 3.8) is 0 Å². The van der Waals surface area contributed by atoms with Crippen molar-refractivity contribution in [2.75, 3.05) is 31.1 Å². The molecule has 2 aliphatic heterocycles. The fourth-order valence-corrected chi connectivity index (χ4v) is 3.99. The molecule has 0 aromatic heterocycles. The number of rotatable bonds is 2. The lowest BCUT2D eigenvalue weighted by Crippen LogP contribution is -2.48. The minimum absolute atomic E-state index is 0. The Morgan fingerprint density at radius 3 is 2.71 bits per heavy atom. The lowest BCUT2D eigenvalue weighted by atomic mass is 10.0. The number of benzene rings is 2. The number of hydrogen-bond donors (Lipinski definition) is 1. The van der Waals surface area contributed by atoms with Crippen LogP contribution in [0.2, 0.25) is 0 Å². The lowest BCUT2D eigenvalue weighted by Gasteiger charge is -2.36. The van der Waals surface area contributed by atoms with Crippen LogP contribution in [-0.4, -0.2) is 42.9 Å². The summed E-state index contributed by atoms with van der Waals surface area (Å²) in [6.07, 6.45) is 0.755. The van der Waals surface area contributed by atoms with Crippen LogP contribution in [0.3, 0.4) is 0 Å². The van der Waals surface area contributed by atoms with Gasteiger partial charge >= 0.3 is 0 Å². The summed E-state index contributed by atoms with van der Waals surface area (Å²) in [5, 5.41) is 3.29. The SMILES string of the molecule is CC(=O)N1CCc2cc(C(=O)N3CCNCC3c3cccc(F)c3)ccc21.Cl. The molecule has 1 unspecified atom stereocenters. The van der Waals surface area contributed by atoms with Gasteiger partial charge in [0.1, 0.15) is 5.82 Å². The molecule has 1 saturated heterocycles. The number of piperazine rings is 1. The highest BCUT2D eigenvalue weighted by molar-refractivity contribution is 5.98. The van der Waals surface area contributed by atoms with E-state index < -0.39 is 0 Å². The Kier molecular flexibility index (Phi) is 6.01. The minimum Gasteiger partial charge on any atom is -0.329 e. The summed E-state index contributed by atoms with van der Waals surface area (Å²) in [6, 6.07) is 11.8. The van der Waals surface area contributed by atoms with Crippen LogP contribution < -0.4 is 10.2 Å². The zero-order chi connectivity index (χ0) is 19.0. The molecule has 1 atom stereocenters. The monoisotopic (exact) mass is 403 g/mol. The van der Waals surface area contributed by atoms with E-state index in [4.69, 9.17) is 0 Å². The van der Waals surface area contributed by atoms with Crippen molar-refractivity contribution in [3.8, 4) is 0 Å². The van der Waals surface area contributed by atoms with Crippen molar-refractivity contribution in [3.05, 3.63) is 65.0 Å². The highest BCUT2D eigenvalue weighted by atomic mass is 35.5. The standard InChI is InChI=1S/C21H22FN3O2.ClH/c1-14(26)24-9-7-16-11-17(5-6-19(16)24)21(27)25-10-8-23-13-20(25)15-3-2-4-18(22)12-15;/h2-6,11-12,20,23H,7-10,13H2,1H3;1H. The summed E-state index contributed by atoms with van der Waals surface area (Å²) in [6.45, 7) is 4.08. The predicted molar refractivity (Wildman–Crippen MR) is 108 cm³/mol. The first kappa shape index (κ1) is 20.3. The molecule has 28 heavy (non-hydrogen) atoms. The lowest BCUT2D eigenvalue weighted by molar-refractivity contribution is -0.116. The molecule has 0 spiro atoms. The van der Waals surface area contributed by atoms with Gasteiger partial charge in [0.2, 0.25) is 5.91 Å². The Labute approximate surface area is 169 Å². The number of halogens is 2. The summed E-state index contributed by atoms with van der Waals surface area (Å²) in [7, 11) is 0. The van der Waals surface area contributed by atoms with Crippen LogP contribution in [0.25, 0.3) is 0 Å². The Morgan fingerprint density at radius 2 is 1.96 bits per heavy atom. The third-order valence-corrected chi connectivity index (χ3v) is 5.34. The fourth-order valence-electron chi connectivity index (χ4n) is 3.99. The highest BCUT2D eigenvalue weighted by Gasteiger charge is 2.30. The van der Waals surface area contributed by atoms with Gasteiger partial charge < -0.3 is 15.1 Å². The van der Waals surface area contributed by atoms with Crippen LogP contribution in [0.1, 0.15) is 34.5 Å². The molecule has 2 aromatic rings. The molecular formula is C21H23ClFN3O2. The smallest absolute Gasteiger partial charge is 0.254 e. The molecule has 0 radical (unpaired) electrons. The Hall–Kier alpha value is -2.44. The molecule has 1 N–H and O–H groups in total. The molecule has 2 heterocycles. The first-order valence-corrected chi connectivity index (χ1v) is 9.23. The number of amides is 2. The fraction of sp³-hybridized carbons (Fsp3) is 0.333. The Bertz CT molecular complexity index is 905. The summed E-state index contributed by atoms with van der Waals surface area (Å²) >= 11 is 0. The van der Waals surface area contributed by atoms with Crippen molar-refractivity contribution < 1.29 is 14.0 Å². The molecule has 0 saturated carbocycles. The minimum atomic E-state index is -0.299. The molecule has 1 fully saturated rings. The van der Waals surface area contributed by atoms with E-state index >= 15 is 0 Å². The normalized spacial score (nSPS) is 18.4. The van der Waals surface area contributed by atoms with E-state index in [1.54, 1.807) is 24.0 Å². The average Bonchev–Trinajstić information content (AvgIpc) is 3.11. The summed E-state index contributed by atoms with van der Waals surface area (Å²) in [5.74, 6) is -0.344. The zero-order valence-corrected chi connectivity index (χ0v) is 16.5. The maximum Gasteiger partial charge on any atom is 0.254 e. The van der Waals surface area contributed by atoms with Crippen molar-refractivity contribution in [1.82, 2.24) is 10.2 Å². The summed E-state index contributed by atoms with van der Waals surface area (Å²) in [5.41, 5.74) is 3.32. The maximum atomic E-state index is 13.7. The second-order valence-corrected chi connectivity index (χ2v) is 7.04. The number of carbonyl (C=O) groups excluding carboxylic acids is 2. The predicted octanol–water partition coefficient (Wildman–Crippen LogP) is 2.94. The van der Waals surface area contributed by atoms with Crippen LogP contribution in [0.4, 0.5) is 10.1 Å². The van der Waals surface area contributed by atoms with Gasteiger partial charge in [-0.2, -0.15) is 0 Å². The zero-order valence-electron chi connectivity index (χ0n) is 15.7. The van der Waals surface area contributed by atoms with Gasteiger partial charge in [0, 0.05) is 44.4 Å². The largest absolute Gasteiger partial charge is 0.329 e. The number of hydrogen-bond acceptors (Lipinski definition) is 3. The molecule has 2 aliphatic rings. The van der Waals surface area contributed by atoms with Crippen molar-refractivity contribution in [2.45, 2.75) is 19.4 Å². The molecule has 2 amide bonds. The van der Waals surface area contributed by atoms with E-state index in [0.717, 1.165) is 23.2 Å². The molecule has 2 aromatic carbocycles. The van der Waals surface area contributed by atoms with Gasteiger partial charge in [0.05, 0.1) is 6.04 Å². The second kappa shape index (κ2) is 8.29. The van der Waals surface area contributed by atoms with Crippen LogP contribution in [-0.2, 0) is 11.2 Å². The maximum absolute atomic E-state index is 13.7. The van der Waals surface area contributed by atoms with E-state index in [1.807, 2.05) is 23.1 Å². The van der Waals surface area contributed by atoms with Gasteiger partial charge in [-0.3, -0.25) is 9.59 Å². The van der Waals surface area contributed by atoms with Gasteiger partial charge in [-0.1, -0.05) is 12.1 Å². The van der Waals surface area contributed by atoms with Gasteiger partial charge in [0.15, 0.2) is 0 Å². The van der Waals surface area contributed by atoms with E-state index in [9.17, 15) is 14.0 Å². The van der Waals surface area contributed by atoms with Crippen molar-refractivity contribution >= 4 is 29.9 Å². The number of fused-ring (bicyclic) bond motifs is 1. The number of nitrogens with zero attached hydrogens (tertiary/aromatic N) is 2. The first-order chi connectivity index (χ1) is 13.0. The third-order valence-electron chi connectivity index (χ3n) is 5.34. The van der Waals surface area contributed by atoms with Gasteiger partial charge in [0.25, 0.3) is 5.91 Å². The van der Waals surface area contributed by atoms with Crippen LogP contribution >= 0.6 is 12.4 Å². The molecule has 148 valence electrons. The molecule has 0 bridgehead atoms. The van der Waals surface area contributed by atoms with E-state index in [-0.39, 0.29) is 36.1 Å². The van der Waals surface area contributed by atoms with E-state index in [0.29, 0.717) is 31.7 Å². The van der Waals surface area contributed by atoms with Gasteiger partial charge in [-0.25, -0.2) is 4.39 Å². The summed E-state index contributed by atoms with van der Waals surface area (Å²) in [4.78, 5) is 28.5. The van der Waals surface area contributed by atoms with Crippen molar-refractivity contribution in [2.24, 2.45) is 0 Å². The molecular weight excluding hydrogens is 381 g/mol. The topological polar surface area (TPSA) is 52.7 Å². The molecule has 5 nitrogen and oxygen atoms in total. The molecule has 0 aliphatic carbocycles. The number of nitrogens with one attached hydrogen (secondary N) is 1. The quantitative estimate of drug-likeness (QED) is 0.838. The number of carbonyl (C=O) groups is 2. The second-order valence-electron chi connectivity index (χ2n) is 7.04. The average molecular weight is 404 g/mol. The Morgan fingerprint density at radius 1 is 1.14 bits per heavy atom. The van der Waals surface area contributed by atoms with Crippen molar-refractivity contribution in [1.29, 1.82) is 0 Å². The van der Waals surface area contributed by atoms with Crippen LogP contribution in [0.15, 0.2) is 42.5 Å². The van der Waals surface area contributed by atoms with Gasteiger partial charge in [-0.15, -0.1) is 12.4 Å². The van der Waals surface area contributed by atoms with E-state index in [2.05, 4.69) is 5.32 Å². The Balaban J connectivity index is 0.00000225. The number of anilines is 1.